The summed E-state index contributed by atoms with van der Waals surface area (Å²) in [4.78, 5) is 11.6. The third-order valence-corrected chi connectivity index (χ3v) is 5.06. The van der Waals surface area contributed by atoms with Crippen LogP contribution >= 0.6 is 9.47 Å². The average Bonchev–Trinajstić information content (AvgIpc) is 2.71. The predicted octanol–water partition coefficient (Wildman–Crippen LogP) is 2.84. The Balaban J connectivity index is 1.70. The van der Waals surface area contributed by atoms with Gasteiger partial charge >= 0.3 is 0 Å². The fraction of sp³-hybridized carbons (Fsp3) is 0.381. The van der Waals surface area contributed by atoms with Gasteiger partial charge in [-0.05, 0) is 44.0 Å². The summed E-state index contributed by atoms with van der Waals surface area (Å²) in [6, 6.07) is 11.3. The van der Waals surface area contributed by atoms with Crippen molar-refractivity contribution in [3.8, 4) is 17.2 Å². The molecule has 2 aromatic rings. The molecule has 3 N–H and O–H groups in total. The molecular weight excluding hydrogens is 391 g/mol. The molecule has 8 heteroatoms. The summed E-state index contributed by atoms with van der Waals surface area (Å²) in [7, 11) is 3.81. The van der Waals surface area contributed by atoms with E-state index in [1.54, 1.807) is 19.2 Å². The minimum atomic E-state index is -0.839. The van der Waals surface area contributed by atoms with Gasteiger partial charge in [-0.15, -0.1) is 0 Å². The van der Waals surface area contributed by atoms with Crippen molar-refractivity contribution in [1.82, 2.24) is 5.32 Å². The molecule has 1 unspecified atom stereocenters. The number of aliphatic hydroxyl groups excluding tert-OH is 1. The van der Waals surface area contributed by atoms with Gasteiger partial charge in [0.2, 0.25) is 0 Å². The van der Waals surface area contributed by atoms with Gasteiger partial charge in [-0.25, -0.2) is 0 Å². The molecule has 0 aliphatic carbocycles. The smallest absolute Gasteiger partial charge is 0.262 e. The molecule has 2 atom stereocenters. The van der Waals surface area contributed by atoms with E-state index in [-0.39, 0.29) is 18.1 Å². The van der Waals surface area contributed by atoms with Crippen molar-refractivity contribution in [2.24, 2.45) is 0 Å². The summed E-state index contributed by atoms with van der Waals surface area (Å²) < 4.78 is 16.0. The Morgan fingerprint density at radius 3 is 2.66 bits per heavy atom. The highest BCUT2D eigenvalue weighted by Gasteiger charge is 2.26. The highest BCUT2D eigenvalue weighted by molar-refractivity contribution is 7.10. The second kappa shape index (κ2) is 8.99. The summed E-state index contributed by atoms with van der Waals surface area (Å²) in [5, 5.41) is 17.0. The van der Waals surface area contributed by atoms with Crippen molar-refractivity contribution >= 4 is 21.1 Å². The van der Waals surface area contributed by atoms with E-state index >= 15 is 0 Å². The topological polar surface area (TPSA) is 89.1 Å². The normalized spacial score (nSPS) is 14.4. The quantitative estimate of drug-likeness (QED) is 0.572. The molecule has 0 saturated heterocycles. The zero-order valence-electron chi connectivity index (χ0n) is 16.8. The lowest BCUT2D eigenvalue weighted by molar-refractivity contribution is -0.118. The molecule has 1 aliphatic heterocycles. The molecular formula is C21H27N2O5P. The second-order valence-corrected chi connectivity index (χ2v) is 7.89. The summed E-state index contributed by atoms with van der Waals surface area (Å²) in [5.74, 6) is 1.56. The number of hydrogen-bond donors (Lipinski definition) is 3. The Morgan fingerprint density at radius 1 is 1.28 bits per heavy atom. The average molecular weight is 418 g/mol. The van der Waals surface area contributed by atoms with Crippen molar-refractivity contribution in [2.45, 2.75) is 31.9 Å². The van der Waals surface area contributed by atoms with Gasteiger partial charge in [0.05, 0.1) is 28.4 Å². The van der Waals surface area contributed by atoms with E-state index in [1.807, 2.05) is 24.3 Å². The molecule has 1 heterocycles. The third kappa shape index (κ3) is 5.38. The van der Waals surface area contributed by atoms with Crippen LogP contribution in [0.4, 0.5) is 5.69 Å². The summed E-state index contributed by atoms with van der Waals surface area (Å²) >= 11 is 0. The molecule has 0 bridgehead atoms. The van der Waals surface area contributed by atoms with Gasteiger partial charge in [-0.3, -0.25) is 4.79 Å². The zero-order chi connectivity index (χ0) is 21.0. The number of β-amino-alcohol motifs (C(OH)–C–C–N with tert-alkyl or cyclic N) is 1. The SMILES string of the molecule is COc1ccc(CC(C)(C)NC[C@H](O)c2cc(OP)cc3c2OCC(=O)N3)cc1. The molecule has 0 radical (unpaired) electrons. The van der Waals surface area contributed by atoms with E-state index in [4.69, 9.17) is 14.0 Å². The van der Waals surface area contributed by atoms with Crippen LogP contribution < -0.4 is 24.6 Å². The summed E-state index contributed by atoms with van der Waals surface area (Å²) in [5.41, 5.74) is 1.97. The fourth-order valence-corrected chi connectivity index (χ4v) is 3.45. The van der Waals surface area contributed by atoms with Crippen molar-refractivity contribution in [3.63, 3.8) is 0 Å². The second-order valence-electron chi connectivity index (χ2n) is 7.65. The first-order valence-electron chi connectivity index (χ1n) is 9.34. The zero-order valence-corrected chi connectivity index (χ0v) is 18.0. The maximum absolute atomic E-state index is 11.6. The minimum absolute atomic E-state index is 0.0792. The van der Waals surface area contributed by atoms with Crippen molar-refractivity contribution in [1.29, 1.82) is 0 Å². The molecule has 3 rings (SSSR count). The minimum Gasteiger partial charge on any atom is -0.497 e. The van der Waals surface area contributed by atoms with E-state index in [2.05, 4.69) is 33.9 Å². The van der Waals surface area contributed by atoms with Crippen LogP contribution in [0.1, 0.15) is 31.1 Å². The van der Waals surface area contributed by atoms with E-state index in [9.17, 15) is 9.90 Å². The molecule has 7 nitrogen and oxygen atoms in total. The Bertz CT molecular complexity index is 870. The van der Waals surface area contributed by atoms with E-state index < -0.39 is 6.10 Å². The molecule has 0 saturated carbocycles. The molecule has 0 spiro atoms. The number of methoxy groups -OCH3 is 1. The lowest BCUT2D eigenvalue weighted by atomic mass is 9.94. The van der Waals surface area contributed by atoms with Gasteiger partial charge in [0, 0.05) is 23.7 Å². The number of ether oxygens (including phenoxy) is 2. The van der Waals surface area contributed by atoms with Gasteiger partial charge in [-0.1, -0.05) is 12.1 Å². The third-order valence-electron chi connectivity index (χ3n) is 4.79. The molecule has 2 aromatic carbocycles. The Morgan fingerprint density at radius 2 is 2.00 bits per heavy atom. The first kappa shape index (κ1) is 21.4. The van der Waals surface area contributed by atoms with Gasteiger partial charge in [0.1, 0.15) is 17.2 Å². The van der Waals surface area contributed by atoms with Crippen LogP contribution in [0.2, 0.25) is 0 Å². The Kier molecular flexibility index (Phi) is 6.63. The summed E-state index contributed by atoms with van der Waals surface area (Å²) in [6.45, 7) is 4.40. The van der Waals surface area contributed by atoms with Gasteiger partial charge in [0.15, 0.2) is 6.61 Å². The molecule has 1 amide bonds. The maximum Gasteiger partial charge on any atom is 0.262 e. The predicted molar refractivity (Wildman–Crippen MR) is 115 cm³/mol. The standard InChI is InChI=1S/C21H27N2O5P/c1-21(2,10-13-4-6-14(26-3)7-5-13)22-11-18(24)16-8-15(28-29)9-17-20(16)27-12-19(25)23-17/h4-9,18,22,24H,10-12,29H2,1-3H3,(H,23,25)/t18-/m0/s1. The van der Waals surface area contributed by atoms with E-state index in [1.165, 1.54) is 5.56 Å². The number of anilines is 1. The molecule has 156 valence electrons. The number of benzene rings is 2. The van der Waals surface area contributed by atoms with Crippen molar-refractivity contribution in [3.05, 3.63) is 47.5 Å². The van der Waals surface area contributed by atoms with Crippen molar-refractivity contribution in [2.75, 3.05) is 25.6 Å². The van der Waals surface area contributed by atoms with Crippen LogP contribution in [0.25, 0.3) is 0 Å². The highest BCUT2D eigenvalue weighted by atomic mass is 31.0. The Labute approximate surface area is 173 Å². The molecule has 0 aromatic heterocycles. The van der Waals surface area contributed by atoms with Crippen LogP contribution in [-0.2, 0) is 11.2 Å². The molecule has 29 heavy (non-hydrogen) atoms. The number of amides is 1. The van der Waals surface area contributed by atoms with Crippen molar-refractivity contribution < 1.29 is 23.9 Å². The number of hydrogen-bond acceptors (Lipinski definition) is 6. The number of carbonyl (C=O) groups excluding carboxylic acids is 1. The molecule has 1 aliphatic rings. The maximum atomic E-state index is 11.6. The molecule has 0 fully saturated rings. The lowest BCUT2D eigenvalue weighted by Crippen LogP contribution is -2.43. The summed E-state index contributed by atoms with van der Waals surface area (Å²) in [6.07, 6.45) is -0.0580. The Hall–Kier alpha value is -2.34. The number of rotatable bonds is 8. The van der Waals surface area contributed by atoms with E-state index in [0.717, 1.165) is 12.2 Å². The van der Waals surface area contributed by atoms with Gasteiger partial charge in [0.25, 0.3) is 5.91 Å². The monoisotopic (exact) mass is 418 g/mol. The van der Waals surface area contributed by atoms with Gasteiger partial charge < -0.3 is 29.7 Å². The van der Waals surface area contributed by atoms with Gasteiger partial charge in [-0.2, -0.15) is 0 Å². The van der Waals surface area contributed by atoms with Crippen LogP contribution in [0.15, 0.2) is 36.4 Å². The number of carbonyl (C=O) groups is 1. The van der Waals surface area contributed by atoms with Crippen LogP contribution in [0.5, 0.6) is 17.2 Å². The van der Waals surface area contributed by atoms with Crippen LogP contribution in [0.3, 0.4) is 0 Å². The van der Waals surface area contributed by atoms with Crippen LogP contribution in [-0.4, -0.2) is 36.8 Å². The number of aliphatic hydroxyl groups is 1. The number of fused-ring (bicyclic) bond motifs is 1. The lowest BCUT2D eigenvalue weighted by Gasteiger charge is -2.29. The largest absolute Gasteiger partial charge is 0.497 e. The first-order valence-corrected chi connectivity index (χ1v) is 9.82. The number of nitrogens with one attached hydrogen (secondary N) is 2. The van der Waals surface area contributed by atoms with Crippen LogP contribution in [0, 0.1) is 0 Å². The highest BCUT2D eigenvalue weighted by Crippen LogP contribution is 2.39. The fourth-order valence-electron chi connectivity index (χ4n) is 3.32. The van der Waals surface area contributed by atoms with E-state index in [0.29, 0.717) is 29.3 Å². The first-order chi connectivity index (χ1) is 13.8.